The first-order valence-corrected chi connectivity index (χ1v) is 11.2. The molecule has 154 valence electrons. The zero-order chi connectivity index (χ0) is 21.7. The van der Waals surface area contributed by atoms with Crippen LogP contribution in [0.1, 0.15) is 27.8 Å². The third kappa shape index (κ3) is 2.08. The molecule has 3 aromatic rings. The summed E-state index contributed by atoms with van der Waals surface area (Å²) in [4.78, 5) is 26.7. The van der Waals surface area contributed by atoms with Crippen molar-refractivity contribution in [2.45, 2.75) is 16.7 Å². The van der Waals surface area contributed by atoms with Crippen molar-refractivity contribution in [3.8, 4) is 0 Å². The number of nitrogens with zero attached hydrogens (tertiary/aromatic N) is 1. The van der Waals surface area contributed by atoms with Crippen LogP contribution in [-0.2, 0) is 19.3 Å². The fourth-order valence-corrected chi connectivity index (χ4v) is 7.01. The maximum Gasteiger partial charge on any atom is 0.240 e. The summed E-state index contributed by atoms with van der Waals surface area (Å²) < 4.78 is 0. The lowest BCUT2D eigenvalue weighted by Gasteiger charge is -2.54. The largest absolute Gasteiger partial charge is 0.274 e. The second-order valence-corrected chi connectivity index (χ2v) is 9.97. The monoisotopic (exact) mass is 467 g/mol. The Balaban J connectivity index is 1.67. The Bertz CT molecular complexity index is 1200. The van der Waals surface area contributed by atoms with Crippen molar-refractivity contribution in [2.75, 3.05) is 4.90 Å². The van der Waals surface area contributed by atoms with Crippen LogP contribution in [0.5, 0.6) is 0 Å². The Morgan fingerprint density at radius 2 is 1.13 bits per heavy atom. The van der Waals surface area contributed by atoms with E-state index in [1.165, 1.54) is 4.90 Å². The molecule has 6 heteroatoms. The summed E-state index contributed by atoms with van der Waals surface area (Å²) in [6, 6.07) is 20.4. The van der Waals surface area contributed by atoms with E-state index in [-0.39, 0.29) is 11.8 Å². The minimum Gasteiger partial charge on any atom is -0.274 e. The van der Waals surface area contributed by atoms with Gasteiger partial charge in [0.2, 0.25) is 11.8 Å². The van der Waals surface area contributed by atoms with Gasteiger partial charge >= 0.3 is 0 Å². The van der Waals surface area contributed by atoms with E-state index in [1.807, 2.05) is 48.5 Å². The second-order valence-electron chi connectivity index (χ2n) is 8.37. The van der Waals surface area contributed by atoms with Gasteiger partial charge in [-0.05, 0) is 46.9 Å². The first-order valence-electron chi connectivity index (χ1n) is 10.0. The van der Waals surface area contributed by atoms with Crippen LogP contribution in [0.3, 0.4) is 0 Å². The molecule has 1 heterocycles. The molecule has 0 radical (unpaired) electrons. The van der Waals surface area contributed by atoms with E-state index in [0.29, 0.717) is 16.3 Å². The molecule has 3 aliphatic carbocycles. The van der Waals surface area contributed by atoms with E-state index in [1.54, 1.807) is 25.1 Å². The number of carbonyl (C=O) groups is 2. The lowest BCUT2D eigenvalue weighted by Crippen LogP contribution is -2.57. The topological polar surface area (TPSA) is 37.4 Å². The Kier molecular flexibility index (Phi) is 3.83. The number of halogens is 3. The number of anilines is 1. The number of amides is 2. The van der Waals surface area contributed by atoms with Crippen LogP contribution in [0.4, 0.5) is 5.69 Å². The summed E-state index contributed by atoms with van der Waals surface area (Å²) in [6.07, 6.45) is 0. The Hall–Kier alpha value is -2.33. The number of imide groups is 1. The SMILES string of the molecule is Cc1c(Cl)cccc1N1C(=O)[C@@H]2[C@@H](C1=O)C1(Cl)c3ccccc3C2(Cl)c2ccccc21. The van der Waals surface area contributed by atoms with Gasteiger partial charge in [0.05, 0.1) is 17.5 Å². The molecule has 2 bridgehead atoms. The fourth-order valence-electron chi connectivity index (χ4n) is 5.74. The molecule has 3 aromatic carbocycles. The molecule has 0 aromatic heterocycles. The molecule has 1 aliphatic heterocycles. The smallest absolute Gasteiger partial charge is 0.240 e. The molecule has 1 saturated heterocycles. The molecule has 0 spiro atoms. The quantitative estimate of drug-likeness (QED) is 0.337. The van der Waals surface area contributed by atoms with Crippen LogP contribution in [0.25, 0.3) is 0 Å². The van der Waals surface area contributed by atoms with Crippen LogP contribution in [0, 0.1) is 18.8 Å². The Labute approximate surface area is 194 Å². The number of carbonyl (C=O) groups excluding carboxylic acids is 2. The van der Waals surface area contributed by atoms with Gasteiger partial charge < -0.3 is 0 Å². The summed E-state index contributed by atoms with van der Waals surface area (Å²) in [5.74, 6) is -2.32. The Morgan fingerprint density at radius 1 is 0.710 bits per heavy atom. The van der Waals surface area contributed by atoms with Gasteiger partial charge in [-0.25, -0.2) is 4.90 Å². The van der Waals surface area contributed by atoms with Crippen molar-refractivity contribution in [1.29, 1.82) is 0 Å². The van der Waals surface area contributed by atoms with E-state index < -0.39 is 21.6 Å². The highest BCUT2D eigenvalue weighted by Gasteiger charge is 2.73. The van der Waals surface area contributed by atoms with Crippen LogP contribution in [0.2, 0.25) is 5.02 Å². The van der Waals surface area contributed by atoms with Crippen LogP contribution < -0.4 is 4.90 Å². The lowest BCUT2D eigenvalue weighted by molar-refractivity contribution is -0.122. The fraction of sp³-hybridized carbons (Fsp3) is 0.200. The van der Waals surface area contributed by atoms with Crippen molar-refractivity contribution in [2.24, 2.45) is 11.8 Å². The lowest BCUT2D eigenvalue weighted by atomic mass is 9.54. The molecule has 3 nitrogen and oxygen atoms in total. The molecule has 0 N–H and O–H groups in total. The first kappa shape index (κ1) is 19.4. The summed E-state index contributed by atoms with van der Waals surface area (Å²) in [6.45, 7) is 1.80. The summed E-state index contributed by atoms with van der Waals surface area (Å²) >= 11 is 21.2. The molecular formula is C25H16Cl3NO2. The highest BCUT2D eigenvalue weighted by Crippen LogP contribution is 2.69. The third-order valence-electron chi connectivity index (χ3n) is 7.07. The van der Waals surface area contributed by atoms with E-state index >= 15 is 0 Å². The van der Waals surface area contributed by atoms with E-state index in [0.717, 1.165) is 22.3 Å². The van der Waals surface area contributed by atoms with Gasteiger partial charge in [-0.15, -0.1) is 23.2 Å². The highest BCUT2D eigenvalue weighted by molar-refractivity contribution is 6.39. The molecular weight excluding hydrogens is 453 g/mol. The van der Waals surface area contributed by atoms with Gasteiger partial charge in [0.1, 0.15) is 9.75 Å². The van der Waals surface area contributed by atoms with Crippen molar-refractivity contribution >= 4 is 52.3 Å². The van der Waals surface area contributed by atoms with E-state index in [4.69, 9.17) is 34.8 Å². The third-order valence-corrected chi connectivity index (χ3v) is 8.76. The zero-order valence-electron chi connectivity index (χ0n) is 16.4. The molecule has 4 aliphatic rings. The molecule has 2 atom stereocenters. The zero-order valence-corrected chi connectivity index (χ0v) is 18.7. The summed E-state index contributed by atoms with van der Waals surface area (Å²) in [7, 11) is 0. The molecule has 1 fully saturated rings. The minimum absolute atomic E-state index is 0.343. The maximum atomic E-state index is 13.9. The number of hydrogen-bond donors (Lipinski definition) is 0. The molecule has 0 unspecified atom stereocenters. The van der Waals surface area contributed by atoms with Gasteiger partial charge in [0.15, 0.2) is 0 Å². The van der Waals surface area contributed by atoms with Crippen molar-refractivity contribution < 1.29 is 9.59 Å². The molecule has 31 heavy (non-hydrogen) atoms. The van der Waals surface area contributed by atoms with Crippen LogP contribution in [-0.4, -0.2) is 11.8 Å². The van der Waals surface area contributed by atoms with Crippen LogP contribution >= 0.6 is 34.8 Å². The molecule has 0 saturated carbocycles. The standard InChI is InChI=1S/C25H16Cl3NO2/c1-13-18(26)11-6-12-19(13)29-22(30)20-21(23(29)31)25(28)15-8-3-2-7-14(15)24(20,27)16-9-4-5-10-17(16)25/h2-12,20-21H,1H3/t20-,21-,24?,25?/m0/s1. The predicted molar refractivity (Wildman–Crippen MR) is 122 cm³/mol. The average Bonchev–Trinajstić information content (AvgIpc) is 3.05. The van der Waals surface area contributed by atoms with Gasteiger partial charge in [0, 0.05) is 5.02 Å². The van der Waals surface area contributed by atoms with E-state index in [2.05, 4.69) is 0 Å². The molecule has 7 rings (SSSR count). The minimum atomic E-state index is -1.18. The van der Waals surface area contributed by atoms with Crippen LogP contribution in [0.15, 0.2) is 66.7 Å². The van der Waals surface area contributed by atoms with E-state index in [9.17, 15) is 9.59 Å². The van der Waals surface area contributed by atoms with Gasteiger partial charge in [-0.1, -0.05) is 66.2 Å². The Morgan fingerprint density at radius 3 is 1.55 bits per heavy atom. The number of benzene rings is 3. The predicted octanol–water partition coefficient (Wildman–Crippen LogP) is 5.75. The number of alkyl halides is 2. The van der Waals surface area contributed by atoms with Crippen molar-refractivity contribution in [3.05, 3.63) is 99.6 Å². The summed E-state index contributed by atoms with van der Waals surface area (Å²) in [5.41, 5.74) is 4.30. The average molecular weight is 469 g/mol. The number of rotatable bonds is 1. The van der Waals surface area contributed by atoms with Gasteiger partial charge in [-0.2, -0.15) is 0 Å². The maximum absolute atomic E-state index is 13.9. The summed E-state index contributed by atoms with van der Waals surface area (Å²) in [5, 5.41) is 0.490. The van der Waals surface area contributed by atoms with Gasteiger partial charge in [0.25, 0.3) is 0 Å². The van der Waals surface area contributed by atoms with Crippen molar-refractivity contribution in [1.82, 2.24) is 0 Å². The first-order chi connectivity index (χ1) is 14.8. The van der Waals surface area contributed by atoms with Crippen molar-refractivity contribution in [3.63, 3.8) is 0 Å². The molecule has 2 amide bonds. The van der Waals surface area contributed by atoms with Gasteiger partial charge in [-0.3, -0.25) is 9.59 Å². The normalized spacial score (nSPS) is 30.3. The number of hydrogen-bond acceptors (Lipinski definition) is 2. The highest BCUT2D eigenvalue weighted by atomic mass is 35.5. The second kappa shape index (κ2) is 6.13.